The summed E-state index contributed by atoms with van der Waals surface area (Å²) >= 11 is 0. The van der Waals surface area contributed by atoms with E-state index in [0.29, 0.717) is 4.57 Å². The highest BCUT2D eigenvalue weighted by atomic mass is 19.4. The van der Waals surface area contributed by atoms with Gasteiger partial charge in [-0.25, -0.2) is 0 Å². The molecule has 0 radical (unpaired) electrons. The normalized spacial score (nSPS) is 15.4. The quantitative estimate of drug-likeness (QED) is 0.765. The first-order valence-electron chi connectivity index (χ1n) is 7.61. The smallest absolute Gasteiger partial charge is 0.418 e. The summed E-state index contributed by atoms with van der Waals surface area (Å²) in [6, 6.07) is 1.81. The summed E-state index contributed by atoms with van der Waals surface area (Å²) in [6.07, 6.45) is -4.70. The second kappa shape index (κ2) is 6.48. The fourth-order valence-corrected chi connectivity index (χ4v) is 2.89. The number of halogens is 3. The predicted molar refractivity (Wildman–Crippen MR) is 84.5 cm³/mol. The lowest BCUT2D eigenvalue weighted by atomic mass is 10.1. The van der Waals surface area contributed by atoms with Gasteiger partial charge in [-0.2, -0.15) is 13.2 Å². The number of rotatable bonds is 3. The number of carboxylic acids is 1. The van der Waals surface area contributed by atoms with Gasteiger partial charge in [-0.3, -0.25) is 19.0 Å². The maximum Gasteiger partial charge on any atom is 0.418 e. The molecule has 0 spiro atoms. The molecule has 2 N–H and O–H groups in total. The van der Waals surface area contributed by atoms with E-state index in [1.54, 1.807) is 0 Å². The Balaban J connectivity index is 2.33. The third kappa shape index (κ3) is 3.29. The van der Waals surface area contributed by atoms with Gasteiger partial charge in [-0.1, -0.05) is 0 Å². The van der Waals surface area contributed by atoms with Crippen molar-refractivity contribution in [3.8, 4) is 0 Å². The average molecular weight is 373 g/mol. The van der Waals surface area contributed by atoms with Crippen molar-refractivity contribution in [1.29, 1.82) is 0 Å². The van der Waals surface area contributed by atoms with E-state index >= 15 is 0 Å². The van der Waals surface area contributed by atoms with Crippen LogP contribution in [0, 0.1) is 0 Å². The average Bonchev–Trinajstić information content (AvgIpc) is 2.57. The Bertz CT molecular complexity index is 973. The molecule has 3 rings (SSSR count). The van der Waals surface area contributed by atoms with Crippen LogP contribution in [-0.2, 0) is 22.3 Å². The minimum Gasteiger partial charge on any atom is -0.480 e. The highest BCUT2D eigenvalue weighted by Gasteiger charge is 2.36. The fraction of sp³-hybridized carbons (Fsp3) is 0.400. The Morgan fingerprint density at radius 2 is 1.88 bits per heavy atom. The van der Waals surface area contributed by atoms with Gasteiger partial charge in [0.15, 0.2) is 0 Å². The van der Waals surface area contributed by atoms with Gasteiger partial charge in [-0.15, -0.1) is 0 Å². The van der Waals surface area contributed by atoms with Gasteiger partial charge in [-0.05, 0) is 12.1 Å². The zero-order valence-electron chi connectivity index (χ0n) is 13.3. The van der Waals surface area contributed by atoms with Gasteiger partial charge >= 0.3 is 23.3 Å². The summed E-state index contributed by atoms with van der Waals surface area (Å²) in [7, 11) is 0. The molecule has 0 saturated carbocycles. The largest absolute Gasteiger partial charge is 0.480 e. The van der Waals surface area contributed by atoms with Crippen molar-refractivity contribution in [2.24, 2.45) is 0 Å². The van der Waals surface area contributed by atoms with Crippen LogP contribution in [0.3, 0.4) is 0 Å². The highest BCUT2D eigenvalue weighted by molar-refractivity contribution is 5.83. The molecule has 11 heteroatoms. The molecule has 0 unspecified atom stereocenters. The van der Waals surface area contributed by atoms with Crippen LogP contribution in [0.1, 0.15) is 5.56 Å². The molecule has 1 saturated heterocycles. The number of hydrogen-bond acceptors (Lipinski definition) is 5. The molecule has 140 valence electrons. The molecule has 0 amide bonds. The van der Waals surface area contributed by atoms with Gasteiger partial charge in [0.2, 0.25) is 0 Å². The van der Waals surface area contributed by atoms with Crippen molar-refractivity contribution >= 4 is 22.7 Å². The van der Waals surface area contributed by atoms with E-state index < -0.39 is 35.4 Å². The van der Waals surface area contributed by atoms with Crippen LogP contribution in [0.5, 0.6) is 0 Å². The molecule has 8 nitrogen and oxygen atoms in total. The van der Waals surface area contributed by atoms with E-state index in [4.69, 9.17) is 9.84 Å². The van der Waals surface area contributed by atoms with Crippen LogP contribution in [0.15, 0.2) is 21.7 Å². The number of anilines is 1. The maximum atomic E-state index is 13.5. The Kier molecular flexibility index (Phi) is 4.48. The van der Waals surface area contributed by atoms with Gasteiger partial charge in [0.1, 0.15) is 6.54 Å². The molecule has 1 aromatic carbocycles. The molecule has 1 aliphatic rings. The molecule has 0 atom stereocenters. The summed E-state index contributed by atoms with van der Waals surface area (Å²) in [6.45, 7) is 0.0567. The van der Waals surface area contributed by atoms with Crippen molar-refractivity contribution in [3.63, 3.8) is 0 Å². The molecular weight excluding hydrogens is 359 g/mol. The minimum atomic E-state index is -4.70. The first kappa shape index (κ1) is 18.0. The number of aromatic amines is 1. The lowest BCUT2D eigenvalue weighted by Crippen LogP contribution is -2.39. The van der Waals surface area contributed by atoms with E-state index in [1.807, 2.05) is 0 Å². The number of nitrogens with one attached hydrogen (secondary N) is 1. The number of ether oxygens (including phenoxy) is 1. The number of fused-ring (bicyclic) bond motifs is 1. The predicted octanol–water partition coefficient (Wildman–Crippen LogP) is 0.630. The van der Waals surface area contributed by atoms with Crippen LogP contribution >= 0.6 is 0 Å². The molecule has 2 heterocycles. The van der Waals surface area contributed by atoms with Crippen molar-refractivity contribution < 1.29 is 27.8 Å². The van der Waals surface area contributed by atoms with E-state index in [0.717, 1.165) is 12.1 Å². The van der Waals surface area contributed by atoms with Crippen LogP contribution in [-0.4, -0.2) is 46.9 Å². The van der Waals surface area contributed by atoms with Crippen LogP contribution < -0.4 is 16.0 Å². The Hall–Kier alpha value is -2.82. The maximum absolute atomic E-state index is 13.5. The summed E-state index contributed by atoms with van der Waals surface area (Å²) in [5.41, 5.74) is -3.87. The number of nitrogens with zero attached hydrogens (tertiary/aromatic N) is 2. The topological polar surface area (TPSA) is 105 Å². The highest BCUT2D eigenvalue weighted by Crippen LogP contribution is 2.38. The Morgan fingerprint density at radius 3 is 2.46 bits per heavy atom. The first-order valence-corrected chi connectivity index (χ1v) is 7.61. The van der Waals surface area contributed by atoms with Crippen molar-refractivity contribution in [2.75, 3.05) is 31.2 Å². The van der Waals surface area contributed by atoms with Crippen LogP contribution in [0.25, 0.3) is 11.0 Å². The van der Waals surface area contributed by atoms with Gasteiger partial charge in [0, 0.05) is 13.1 Å². The van der Waals surface area contributed by atoms with Gasteiger partial charge in [0.05, 0.1) is 35.5 Å². The Morgan fingerprint density at radius 1 is 1.23 bits per heavy atom. The third-order valence-electron chi connectivity index (χ3n) is 4.04. The number of aliphatic carboxylic acids is 1. The number of hydrogen-bond donors (Lipinski definition) is 2. The summed E-state index contributed by atoms with van der Waals surface area (Å²) < 4.78 is 46.3. The molecule has 1 aliphatic heterocycles. The van der Waals surface area contributed by atoms with E-state index in [2.05, 4.69) is 4.98 Å². The van der Waals surface area contributed by atoms with Crippen molar-refractivity contribution in [1.82, 2.24) is 9.55 Å². The van der Waals surface area contributed by atoms with Gasteiger partial charge < -0.3 is 19.7 Å². The van der Waals surface area contributed by atoms with Crippen molar-refractivity contribution in [2.45, 2.75) is 12.7 Å². The molecule has 0 bridgehead atoms. The third-order valence-corrected chi connectivity index (χ3v) is 4.04. The second-order valence-electron chi connectivity index (χ2n) is 5.72. The number of carbonyl (C=O) groups is 1. The molecule has 0 aliphatic carbocycles. The second-order valence-corrected chi connectivity index (χ2v) is 5.72. The zero-order chi connectivity index (χ0) is 19.1. The van der Waals surface area contributed by atoms with E-state index in [-0.39, 0.29) is 43.0 Å². The number of H-pyrrole nitrogens is 1. The molecule has 2 aromatic rings. The lowest BCUT2D eigenvalue weighted by Gasteiger charge is -2.31. The van der Waals surface area contributed by atoms with E-state index in [9.17, 15) is 27.6 Å². The van der Waals surface area contributed by atoms with Crippen LogP contribution in [0.2, 0.25) is 0 Å². The lowest BCUT2D eigenvalue weighted by molar-refractivity contribution is -0.138. The summed E-state index contributed by atoms with van der Waals surface area (Å²) in [5.74, 6) is -1.40. The van der Waals surface area contributed by atoms with Gasteiger partial charge in [0.25, 0.3) is 0 Å². The number of alkyl halides is 3. The fourth-order valence-electron chi connectivity index (χ4n) is 2.89. The molecule has 1 aromatic heterocycles. The van der Waals surface area contributed by atoms with Crippen LogP contribution in [0.4, 0.5) is 18.9 Å². The molecular formula is C15H14F3N3O5. The number of benzene rings is 1. The first-order chi connectivity index (χ1) is 12.2. The van der Waals surface area contributed by atoms with E-state index in [1.165, 1.54) is 4.90 Å². The zero-order valence-corrected chi connectivity index (χ0v) is 13.3. The number of aromatic nitrogens is 2. The molecule has 26 heavy (non-hydrogen) atoms. The Labute approximate surface area is 143 Å². The minimum absolute atomic E-state index is 0.0912. The number of carboxylic acid groups (broad SMARTS) is 1. The van der Waals surface area contributed by atoms with Crippen molar-refractivity contribution in [3.05, 3.63) is 38.4 Å². The monoisotopic (exact) mass is 373 g/mol. The summed E-state index contributed by atoms with van der Waals surface area (Å²) in [5, 5.41) is 8.96. The molecule has 1 fully saturated rings. The number of morpholine rings is 1. The standard InChI is InChI=1S/C15H14F3N3O5/c16-15(17,18)8-5-9-11(6-10(8)20-1-3-26-4-2-20)21(7-12(22)23)14(25)13(24)19-9/h5-6H,1-4,7H2,(H,19,24)(H,22,23). The SMILES string of the molecule is O=C(O)Cn1c(=O)c(=O)[nH]c2cc(C(F)(F)F)c(N3CCOCC3)cc21. The summed E-state index contributed by atoms with van der Waals surface area (Å²) in [4.78, 5) is 38.2.